The molecule has 172 valence electrons. The number of nitrogens with one attached hydrogen (secondary N) is 3. The second-order valence-electron chi connectivity index (χ2n) is 7.02. The van der Waals surface area contributed by atoms with E-state index in [4.69, 9.17) is 4.74 Å². The number of hydrogen-bond acceptors (Lipinski definition) is 5. The summed E-state index contributed by atoms with van der Waals surface area (Å²) < 4.78 is 4.97. The van der Waals surface area contributed by atoms with Gasteiger partial charge >= 0.3 is 12.0 Å². The summed E-state index contributed by atoms with van der Waals surface area (Å²) in [6.45, 7) is 3.38. The summed E-state index contributed by atoms with van der Waals surface area (Å²) in [5, 5.41) is 7.64. The molecular weight excluding hydrogens is 434 g/mol. The number of urea groups is 1. The first kappa shape index (κ1) is 23.9. The molecule has 0 atom stereocenters. The first-order chi connectivity index (χ1) is 16.5. The Morgan fingerprint density at radius 2 is 1.47 bits per heavy atom. The fourth-order valence-corrected chi connectivity index (χ4v) is 3.04. The van der Waals surface area contributed by atoms with E-state index in [9.17, 15) is 19.2 Å². The highest BCUT2D eigenvalue weighted by molar-refractivity contribution is 6.15. The van der Waals surface area contributed by atoms with E-state index in [2.05, 4.69) is 22.5 Å². The molecule has 0 saturated carbocycles. The molecular formula is C26H23N3O5. The van der Waals surface area contributed by atoms with Gasteiger partial charge in [0.1, 0.15) is 6.61 Å². The Labute approximate surface area is 196 Å². The molecule has 8 nitrogen and oxygen atoms in total. The van der Waals surface area contributed by atoms with Crippen molar-refractivity contribution in [3.8, 4) is 0 Å². The smallest absolute Gasteiger partial charge is 0.338 e. The molecule has 0 saturated heterocycles. The maximum Gasteiger partial charge on any atom is 0.338 e. The molecule has 0 radical (unpaired) electrons. The lowest BCUT2D eigenvalue weighted by Crippen LogP contribution is -2.39. The van der Waals surface area contributed by atoms with Crippen LogP contribution < -0.4 is 16.0 Å². The van der Waals surface area contributed by atoms with Crippen molar-refractivity contribution in [1.82, 2.24) is 10.6 Å². The number of amides is 3. The Balaban J connectivity index is 1.56. The van der Waals surface area contributed by atoms with Crippen molar-refractivity contribution in [2.45, 2.75) is 0 Å². The predicted octanol–water partition coefficient (Wildman–Crippen LogP) is 3.77. The highest BCUT2D eigenvalue weighted by Gasteiger charge is 2.17. The molecule has 3 aromatic rings. The first-order valence-electron chi connectivity index (χ1n) is 10.4. The Morgan fingerprint density at radius 3 is 2.21 bits per heavy atom. The molecule has 0 bridgehead atoms. The number of esters is 1. The van der Waals surface area contributed by atoms with Gasteiger partial charge in [-0.05, 0) is 24.3 Å². The second kappa shape index (κ2) is 11.8. The van der Waals surface area contributed by atoms with Gasteiger partial charge in [-0.2, -0.15) is 0 Å². The molecule has 3 N–H and O–H groups in total. The minimum Gasteiger partial charge on any atom is -0.458 e. The quantitative estimate of drug-likeness (QED) is 0.196. The van der Waals surface area contributed by atoms with Gasteiger partial charge in [0.25, 0.3) is 5.91 Å². The Morgan fingerprint density at radius 1 is 0.794 bits per heavy atom. The predicted molar refractivity (Wildman–Crippen MR) is 128 cm³/mol. The summed E-state index contributed by atoms with van der Waals surface area (Å²) >= 11 is 0. The van der Waals surface area contributed by atoms with Crippen LogP contribution in [0.4, 0.5) is 10.5 Å². The molecule has 0 fully saturated rings. The molecule has 0 heterocycles. The van der Waals surface area contributed by atoms with Gasteiger partial charge in [-0.15, -0.1) is 0 Å². The van der Waals surface area contributed by atoms with E-state index >= 15 is 0 Å². The van der Waals surface area contributed by atoms with Crippen LogP contribution in [0.5, 0.6) is 0 Å². The van der Waals surface area contributed by atoms with Gasteiger partial charge in [0, 0.05) is 16.8 Å². The third-order valence-electron chi connectivity index (χ3n) is 4.64. The fourth-order valence-electron chi connectivity index (χ4n) is 3.04. The van der Waals surface area contributed by atoms with Crippen LogP contribution >= 0.6 is 0 Å². The molecule has 3 amide bonds. The van der Waals surface area contributed by atoms with Crippen LogP contribution in [0.25, 0.3) is 0 Å². The van der Waals surface area contributed by atoms with Crippen molar-refractivity contribution >= 4 is 29.4 Å². The maximum absolute atomic E-state index is 12.8. The summed E-state index contributed by atoms with van der Waals surface area (Å²) in [6.07, 6.45) is 1.46. The molecule has 0 aromatic heterocycles. The number of anilines is 1. The Bertz CT molecular complexity index is 1210. The molecule has 0 aliphatic heterocycles. The first-order valence-corrected chi connectivity index (χ1v) is 10.4. The lowest BCUT2D eigenvalue weighted by Gasteiger charge is -2.12. The minimum absolute atomic E-state index is 0.0801. The zero-order chi connectivity index (χ0) is 24.3. The average molecular weight is 457 g/mol. The van der Waals surface area contributed by atoms with Gasteiger partial charge in [0.05, 0.1) is 17.8 Å². The lowest BCUT2D eigenvalue weighted by molar-refractivity contribution is 0.0549. The summed E-state index contributed by atoms with van der Waals surface area (Å²) in [7, 11) is 0. The Kier molecular flexibility index (Phi) is 8.29. The molecule has 0 aliphatic carbocycles. The van der Waals surface area contributed by atoms with E-state index in [0.717, 1.165) is 0 Å². The average Bonchev–Trinajstić information content (AvgIpc) is 2.87. The van der Waals surface area contributed by atoms with Crippen LogP contribution in [0.3, 0.4) is 0 Å². The monoisotopic (exact) mass is 457 g/mol. The van der Waals surface area contributed by atoms with Gasteiger partial charge in [-0.1, -0.05) is 67.3 Å². The van der Waals surface area contributed by atoms with Gasteiger partial charge in [0.2, 0.25) is 0 Å². The number of carbonyl (C=O) groups excluding carboxylic acids is 4. The van der Waals surface area contributed by atoms with E-state index in [1.807, 2.05) is 0 Å². The standard InChI is InChI=1S/C26H23N3O5/c1-2-15-34-25(32)19-11-8-12-20(16-19)29-26(33)28-17-27-24(31)22-14-7-6-13-21(22)23(30)18-9-4-3-5-10-18/h2-14,16H,1,15,17H2,(H,27,31)(H2,28,29,33). The van der Waals surface area contributed by atoms with Crippen LogP contribution in [-0.4, -0.2) is 37.0 Å². The summed E-state index contributed by atoms with van der Waals surface area (Å²) in [4.78, 5) is 49.6. The third kappa shape index (κ3) is 6.39. The van der Waals surface area contributed by atoms with Crippen molar-refractivity contribution in [3.63, 3.8) is 0 Å². The van der Waals surface area contributed by atoms with E-state index in [1.54, 1.807) is 72.8 Å². The molecule has 0 aliphatic rings. The number of ketones is 1. The third-order valence-corrected chi connectivity index (χ3v) is 4.64. The van der Waals surface area contributed by atoms with Crippen LogP contribution in [0.2, 0.25) is 0 Å². The van der Waals surface area contributed by atoms with Crippen molar-refractivity contribution in [2.75, 3.05) is 18.6 Å². The van der Waals surface area contributed by atoms with Crippen LogP contribution in [0.15, 0.2) is 91.5 Å². The highest BCUT2D eigenvalue weighted by Crippen LogP contribution is 2.15. The molecule has 8 heteroatoms. The molecule has 3 rings (SSSR count). The van der Waals surface area contributed by atoms with Crippen molar-refractivity contribution in [2.24, 2.45) is 0 Å². The molecule has 3 aromatic carbocycles. The number of rotatable bonds is 9. The van der Waals surface area contributed by atoms with Crippen LogP contribution in [0.1, 0.15) is 36.6 Å². The van der Waals surface area contributed by atoms with E-state index in [1.165, 1.54) is 12.1 Å². The summed E-state index contributed by atoms with van der Waals surface area (Å²) in [5.74, 6) is -1.32. The largest absolute Gasteiger partial charge is 0.458 e. The highest BCUT2D eigenvalue weighted by atomic mass is 16.5. The van der Waals surface area contributed by atoms with E-state index in [0.29, 0.717) is 11.3 Å². The van der Waals surface area contributed by atoms with E-state index < -0.39 is 17.9 Å². The normalized spacial score (nSPS) is 10.0. The SMILES string of the molecule is C=CCOC(=O)c1cccc(NC(=O)NCNC(=O)c2ccccc2C(=O)c2ccccc2)c1. The molecule has 0 spiro atoms. The summed E-state index contributed by atoms with van der Waals surface area (Å²) in [6, 6.07) is 20.8. The molecule has 34 heavy (non-hydrogen) atoms. The maximum atomic E-state index is 12.8. The fraction of sp³-hybridized carbons (Fsp3) is 0.0769. The van der Waals surface area contributed by atoms with Crippen molar-refractivity contribution in [3.05, 3.63) is 114 Å². The van der Waals surface area contributed by atoms with Gasteiger partial charge in [-0.25, -0.2) is 9.59 Å². The topological polar surface area (TPSA) is 114 Å². The van der Waals surface area contributed by atoms with Crippen molar-refractivity contribution in [1.29, 1.82) is 0 Å². The van der Waals surface area contributed by atoms with Crippen LogP contribution in [-0.2, 0) is 4.74 Å². The zero-order valence-electron chi connectivity index (χ0n) is 18.2. The van der Waals surface area contributed by atoms with Gasteiger partial charge in [0.15, 0.2) is 5.78 Å². The van der Waals surface area contributed by atoms with Gasteiger partial charge in [-0.3, -0.25) is 9.59 Å². The number of carbonyl (C=O) groups is 4. The van der Waals surface area contributed by atoms with E-state index in [-0.39, 0.29) is 35.7 Å². The molecule has 0 unspecified atom stereocenters. The number of ether oxygens (including phenoxy) is 1. The number of benzene rings is 3. The van der Waals surface area contributed by atoms with Crippen LogP contribution in [0, 0.1) is 0 Å². The Hall–Kier alpha value is -4.72. The lowest BCUT2D eigenvalue weighted by atomic mass is 9.98. The number of hydrogen-bond donors (Lipinski definition) is 3. The summed E-state index contributed by atoms with van der Waals surface area (Å²) in [5.41, 5.74) is 1.57. The van der Waals surface area contributed by atoms with Crippen molar-refractivity contribution < 1.29 is 23.9 Å². The van der Waals surface area contributed by atoms with Gasteiger partial charge < -0.3 is 20.7 Å². The zero-order valence-corrected chi connectivity index (χ0v) is 18.2. The minimum atomic E-state index is -0.592. The second-order valence-corrected chi connectivity index (χ2v) is 7.02.